The first-order valence-electron chi connectivity index (χ1n) is 6.68. The van der Waals surface area contributed by atoms with Gasteiger partial charge in [-0.05, 0) is 31.4 Å². The molecule has 1 aliphatic rings. The van der Waals surface area contributed by atoms with Gasteiger partial charge in [0.1, 0.15) is 6.04 Å². The normalized spacial score (nSPS) is 18.2. The molecule has 0 bridgehead atoms. The van der Waals surface area contributed by atoms with Crippen molar-refractivity contribution in [2.24, 2.45) is 0 Å². The van der Waals surface area contributed by atoms with Gasteiger partial charge in [0, 0.05) is 13.1 Å². The molecule has 0 aromatic heterocycles. The molecule has 1 atom stereocenters. The lowest BCUT2D eigenvalue weighted by Gasteiger charge is -2.32. The van der Waals surface area contributed by atoms with Gasteiger partial charge in [0.2, 0.25) is 0 Å². The van der Waals surface area contributed by atoms with Crippen molar-refractivity contribution in [3.63, 3.8) is 0 Å². The first kappa shape index (κ1) is 14.0. The van der Waals surface area contributed by atoms with Crippen LogP contribution in [-0.2, 0) is 16.0 Å². The highest BCUT2D eigenvalue weighted by Crippen LogP contribution is 2.16. The van der Waals surface area contributed by atoms with E-state index < -0.39 is 12.0 Å². The van der Waals surface area contributed by atoms with Gasteiger partial charge in [0.05, 0.1) is 13.2 Å². The molecule has 1 saturated heterocycles. The Morgan fingerprint density at radius 2 is 2.05 bits per heavy atom. The Morgan fingerprint density at radius 3 is 2.68 bits per heavy atom. The highest BCUT2D eigenvalue weighted by Gasteiger charge is 2.27. The van der Waals surface area contributed by atoms with E-state index in [4.69, 9.17) is 4.74 Å². The van der Waals surface area contributed by atoms with Gasteiger partial charge in [-0.3, -0.25) is 9.69 Å². The second-order valence-electron chi connectivity index (χ2n) is 5.14. The molecule has 1 aromatic rings. The summed E-state index contributed by atoms with van der Waals surface area (Å²) in [4.78, 5) is 13.5. The summed E-state index contributed by atoms with van der Waals surface area (Å²) >= 11 is 0. The van der Waals surface area contributed by atoms with Gasteiger partial charge < -0.3 is 9.84 Å². The van der Waals surface area contributed by atoms with E-state index in [9.17, 15) is 9.90 Å². The van der Waals surface area contributed by atoms with Crippen LogP contribution in [0, 0.1) is 13.8 Å². The number of aryl methyl sites for hydroxylation is 2. The topological polar surface area (TPSA) is 49.8 Å². The van der Waals surface area contributed by atoms with Crippen LogP contribution in [0.1, 0.15) is 16.7 Å². The predicted octanol–water partition coefficient (Wildman–Crippen LogP) is 1.63. The molecule has 1 aliphatic heterocycles. The Balaban J connectivity index is 2.15. The van der Waals surface area contributed by atoms with Gasteiger partial charge in [-0.15, -0.1) is 0 Å². The Morgan fingerprint density at radius 1 is 1.37 bits per heavy atom. The van der Waals surface area contributed by atoms with E-state index in [0.717, 1.165) is 11.1 Å². The summed E-state index contributed by atoms with van der Waals surface area (Å²) in [6, 6.07) is 5.75. The summed E-state index contributed by atoms with van der Waals surface area (Å²) < 4.78 is 5.29. The third-order valence-electron chi connectivity index (χ3n) is 3.69. The largest absolute Gasteiger partial charge is 0.480 e. The Bertz CT molecular complexity index is 453. The number of aliphatic carboxylic acids is 1. The molecule has 0 radical (unpaired) electrons. The Kier molecular flexibility index (Phi) is 4.56. The summed E-state index contributed by atoms with van der Waals surface area (Å²) in [6.07, 6.45) is 0.558. The molecule has 2 rings (SSSR count). The average Bonchev–Trinajstić information content (AvgIpc) is 2.40. The molecular weight excluding hydrogens is 242 g/mol. The van der Waals surface area contributed by atoms with Crippen molar-refractivity contribution in [1.29, 1.82) is 0 Å². The summed E-state index contributed by atoms with van der Waals surface area (Å²) in [6.45, 7) is 6.71. The van der Waals surface area contributed by atoms with Gasteiger partial charge >= 0.3 is 5.97 Å². The third kappa shape index (κ3) is 3.55. The molecule has 1 fully saturated rings. The fourth-order valence-corrected chi connectivity index (χ4v) is 2.49. The van der Waals surface area contributed by atoms with Gasteiger partial charge in [-0.25, -0.2) is 0 Å². The molecule has 0 saturated carbocycles. The second-order valence-corrected chi connectivity index (χ2v) is 5.14. The van der Waals surface area contributed by atoms with Gasteiger partial charge in [-0.2, -0.15) is 0 Å². The van der Waals surface area contributed by atoms with E-state index in [-0.39, 0.29) is 0 Å². The first-order chi connectivity index (χ1) is 9.08. The smallest absolute Gasteiger partial charge is 0.321 e. The molecule has 4 heteroatoms. The van der Waals surface area contributed by atoms with Crippen molar-refractivity contribution < 1.29 is 14.6 Å². The summed E-state index contributed by atoms with van der Waals surface area (Å²) in [5.74, 6) is -0.747. The van der Waals surface area contributed by atoms with Crippen molar-refractivity contribution in [2.75, 3.05) is 26.3 Å². The minimum atomic E-state index is -0.747. The van der Waals surface area contributed by atoms with Crippen LogP contribution in [0.3, 0.4) is 0 Å². The summed E-state index contributed by atoms with van der Waals surface area (Å²) in [7, 11) is 0. The number of morpholine rings is 1. The molecule has 4 nitrogen and oxygen atoms in total. The fraction of sp³-hybridized carbons (Fsp3) is 0.533. The molecule has 0 spiro atoms. The third-order valence-corrected chi connectivity index (χ3v) is 3.69. The SMILES string of the molecule is Cc1ccc(C)c(C[C@H](C(=O)O)N2CCOCC2)c1. The van der Waals surface area contributed by atoms with Gasteiger partial charge in [0.15, 0.2) is 0 Å². The molecule has 1 aromatic carbocycles. The highest BCUT2D eigenvalue weighted by molar-refractivity contribution is 5.74. The number of carboxylic acids is 1. The summed E-state index contributed by atoms with van der Waals surface area (Å²) in [5.41, 5.74) is 3.45. The van der Waals surface area contributed by atoms with Crippen molar-refractivity contribution in [1.82, 2.24) is 4.90 Å². The zero-order chi connectivity index (χ0) is 13.8. The van der Waals surface area contributed by atoms with E-state index in [1.54, 1.807) is 0 Å². The van der Waals surface area contributed by atoms with Crippen LogP contribution in [0.2, 0.25) is 0 Å². The first-order valence-corrected chi connectivity index (χ1v) is 6.68. The molecule has 1 heterocycles. The quantitative estimate of drug-likeness (QED) is 0.897. The number of carboxylic acid groups (broad SMARTS) is 1. The van der Waals surface area contributed by atoms with Crippen molar-refractivity contribution in [3.05, 3.63) is 34.9 Å². The zero-order valence-corrected chi connectivity index (χ0v) is 11.6. The zero-order valence-electron chi connectivity index (χ0n) is 11.6. The van der Waals surface area contributed by atoms with E-state index in [0.29, 0.717) is 32.7 Å². The number of rotatable bonds is 4. The monoisotopic (exact) mass is 263 g/mol. The number of benzene rings is 1. The Hall–Kier alpha value is -1.39. The van der Waals surface area contributed by atoms with Crippen molar-refractivity contribution in [2.45, 2.75) is 26.3 Å². The van der Waals surface area contributed by atoms with Crippen molar-refractivity contribution >= 4 is 5.97 Å². The lowest BCUT2D eigenvalue weighted by atomic mass is 9.98. The molecule has 1 N–H and O–H groups in total. The molecule has 0 unspecified atom stereocenters. The van der Waals surface area contributed by atoms with Crippen LogP contribution in [0.15, 0.2) is 18.2 Å². The number of hydrogen-bond donors (Lipinski definition) is 1. The lowest BCUT2D eigenvalue weighted by molar-refractivity contribution is -0.145. The van der Waals surface area contributed by atoms with Crippen LogP contribution in [0.5, 0.6) is 0 Å². The number of carbonyl (C=O) groups is 1. The second kappa shape index (κ2) is 6.17. The number of ether oxygens (including phenoxy) is 1. The maximum atomic E-state index is 11.5. The van der Waals surface area contributed by atoms with Crippen LogP contribution < -0.4 is 0 Å². The standard InChI is InChI=1S/C15H21NO3/c1-11-3-4-12(2)13(9-11)10-14(15(17)18)16-5-7-19-8-6-16/h3-4,9,14H,5-8,10H2,1-2H3,(H,17,18)/t14-/m1/s1. The Labute approximate surface area is 114 Å². The van der Waals surface area contributed by atoms with E-state index in [1.165, 1.54) is 5.56 Å². The van der Waals surface area contributed by atoms with E-state index in [1.807, 2.05) is 18.7 Å². The van der Waals surface area contributed by atoms with E-state index in [2.05, 4.69) is 18.2 Å². The minimum absolute atomic E-state index is 0.454. The minimum Gasteiger partial charge on any atom is -0.480 e. The molecule has 0 aliphatic carbocycles. The molecule has 19 heavy (non-hydrogen) atoms. The molecular formula is C15H21NO3. The molecule has 0 amide bonds. The number of nitrogens with zero attached hydrogens (tertiary/aromatic N) is 1. The highest BCUT2D eigenvalue weighted by atomic mass is 16.5. The maximum absolute atomic E-state index is 11.5. The van der Waals surface area contributed by atoms with Crippen molar-refractivity contribution in [3.8, 4) is 0 Å². The van der Waals surface area contributed by atoms with Crippen LogP contribution in [-0.4, -0.2) is 48.3 Å². The lowest BCUT2D eigenvalue weighted by Crippen LogP contribution is -2.48. The maximum Gasteiger partial charge on any atom is 0.321 e. The van der Waals surface area contributed by atoms with E-state index >= 15 is 0 Å². The average molecular weight is 263 g/mol. The van der Waals surface area contributed by atoms with Crippen LogP contribution in [0.25, 0.3) is 0 Å². The van der Waals surface area contributed by atoms with Crippen LogP contribution in [0.4, 0.5) is 0 Å². The predicted molar refractivity (Wildman–Crippen MR) is 73.4 cm³/mol. The fourth-order valence-electron chi connectivity index (χ4n) is 2.49. The van der Waals surface area contributed by atoms with Gasteiger partial charge in [-0.1, -0.05) is 23.8 Å². The van der Waals surface area contributed by atoms with Gasteiger partial charge in [0.25, 0.3) is 0 Å². The number of hydrogen-bond acceptors (Lipinski definition) is 3. The summed E-state index contributed by atoms with van der Waals surface area (Å²) in [5, 5.41) is 9.46. The molecule has 104 valence electrons. The van der Waals surface area contributed by atoms with Crippen LogP contribution >= 0.6 is 0 Å².